The number of hydrogen-bond donors (Lipinski definition) is 0. The summed E-state index contributed by atoms with van der Waals surface area (Å²) in [5.41, 5.74) is -0.710. The summed E-state index contributed by atoms with van der Waals surface area (Å²) in [6, 6.07) is 0. The Balaban J connectivity index is 4.41. The summed E-state index contributed by atoms with van der Waals surface area (Å²) in [5.74, 6) is -0.692. The lowest BCUT2D eigenvalue weighted by atomic mass is 10.2. The van der Waals surface area contributed by atoms with Gasteiger partial charge in [0.2, 0.25) is 0 Å². The van der Waals surface area contributed by atoms with Gasteiger partial charge in [-0.3, -0.25) is 4.79 Å². The number of aldehydes is 1. The molecule has 0 spiro atoms. The predicted molar refractivity (Wildman–Crippen MR) is 50.8 cm³/mol. The summed E-state index contributed by atoms with van der Waals surface area (Å²) >= 11 is 0. The van der Waals surface area contributed by atoms with Gasteiger partial charge in [-0.1, -0.05) is 0 Å². The van der Waals surface area contributed by atoms with E-state index in [1.807, 2.05) is 0 Å². The SMILES string of the molecule is CC(=O)ON(CC=O)C(=O)OC(C)(C)C. The minimum absolute atomic E-state index is 0.353. The standard InChI is InChI=1S/C9H15NO5/c1-7(12)15-10(5-6-11)8(13)14-9(2,3)4/h6H,5H2,1-4H3. The molecule has 0 fully saturated rings. The molecule has 0 bridgehead atoms. The summed E-state index contributed by atoms with van der Waals surface area (Å²) in [6.07, 6.45) is -0.433. The lowest BCUT2D eigenvalue weighted by Crippen LogP contribution is -2.38. The molecule has 86 valence electrons. The van der Waals surface area contributed by atoms with E-state index < -0.39 is 17.7 Å². The van der Waals surface area contributed by atoms with E-state index in [0.29, 0.717) is 11.3 Å². The van der Waals surface area contributed by atoms with E-state index in [-0.39, 0.29) is 6.54 Å². The van der Waals surface area contributed by atoms with Crippen molar-refractivity contribution in [2.75, 3.05) is 6.54 Å². The van der Waals surface area contributed by atoms with Gasteiger partial charge in [-0.05, 0) is 20.8 Å². The quantitative estimate of drug-likeness (QED) is 0.507. The third-order valence-corrected chi connectivity index (χ3v) is 1.08. The summed E-state index contributed by atoms with van der Waals surface area (Å²) in [6.45, 7) is 5.77. The molecule has 0 aliphatic rings. The number of hydroxylamine groups is 2. The highest BCUT2D eigenvalue weighted by Crippen LogP contribution is 2.09. The topological polar surface area (TPSA) is 72.9 Å². The van der Waals surface area contributed by atoms with Crippen LogP contribution in [0.2, 0.25) is 0 Å². The van der Waals surface area contributed by atoms with E-state index in [0.717, 1.165) is 6.92 Å². The van der Waals surface area contributed by atoms with E-state index >= 15 is 0 Å². The van der Waals surface area contributed by atoms with Crippen molar-refractivity contribution >= 4 is 18.3 Å². The first-order chi connectivity index (χ1) is 6.76. The molecule has 0 rings (SSSR count). The minimum Gasteiger partial charge on any atom is -0.442 e. The van der Waals surface area contributed by atoms with Gasteiger partial charge in [0.15, 0.2) is 0 Å². The fourth-order valence-electron chi connectivity index (χ4n) is 0.685. The highest BCUT2D eigenvalue weighted by atomic mass is 16.8. The minimum atomic E-state index is -0.871. The second kappa shape index (κ2) is 5.33. The Morgan fingerprint density at radius 3 is 2.20 bits per heavy atom. The second-order valence-electron chi connectivity index (χ2n) is 3.79. The molecule has 0 heterocycles. The summed E-state index contributed by atoms with van der Waals surface area (Å²) < 4.78 is 4.90. The van der Waals surface area contributed by atoms with Crippen LogP contribution < -0.4 is 0 Å². The molecule has 0 N–H and O–H groups in total. The normalized spacial score (nSPS) is 10.4. The molecule has 0 saturated heterocycles. The van der Waals surface area contributed by atoms with Gasteiger partial charge in [0.25, 0.3) is 0 Å². The average Bonchev–Trinajstić information content (AvgIpc) is 1.99. The number of amides is 1. The Hall–Kier alpha value is -1.59. The predicted octanol–water partition coefficient (Wildman–Crippen LogP) is 0.900. The van der Waals surface area contributed by atoms with Gasteiger partial charge >= 0.3 is 12.1 Å². The van der Waals surface area contributed by atoms with Gasteiger partial charge < -0.3 is 14.4 Å². The Morgan fingerprint density at radius 2 is 1.87 bits per heavy atom. The molecule has 0 atom stereocenters. The Morgan fingerprint density at radius 1 is 1.33 bits per heavy atom. The maximum Gasteiger partial charge on any atom is 0.444 e. The van der Waals surface area contributed by atoms with Gasteiger partial charge in [0.05, 0.1) is 0 Å². The molecule has 0 aliphatic carbocycles. The number of carbonyl (C=O) groups is 3. The van der Waals surface area contributed by atoms with Crippen LogP contribution in [0.5, 0.6) is 0 Å². The van der Waals surface area contributed by atoms with Crippen molar-refractivity contribution in [1.29, 1.82) is 0 Å². The molecule has 0 saturated carbocycles. The van der Waals surface area contributed by atoms with Gasteiger partial charge in [-0.2, -0.15) is 0 Å². The first-order valence-electron chi connectivity index (χ1n) is 4.39. The maximum absolute atomic E-state index is 11.4. The highest BCUT2D eigenvalue weighted by molar-refractivity contribution is 5.74. The van der Waals surface area contributed by atoms with Crippen LogP contribution in [0.4, 0.5) is 4.79 Å². The monoisotopic (exact) mass is 217 g/mol. The van der Waals surface area contributed by atoms with Crippen LogP contribution in [0.3, 0.4) is 0 Å². The molecule has 0 aliphatic heterocycles. The molecule has 15 heavy (non-hydrogen) atoms. The zero-order valence-electron chi connectivity index (χ0n) is 9.27. The Bertz CT molecular complexity index is 256. The molecule has 0 aromatic rings. The van der Waals surface area contributed by atoms with E-state index in [9.17, 15) is 14.4 Å². The van der Waals surface area contributed by atoms with Gasteiger partial charge in [0.1, 0.15) is 18.4 Å². The molecule has 0 radical (unpaired) electrons. The van der Waals surface area contributed by atoms with Crippen molar-refractivity contribution in [3.8, 4) is 0 Å². The van der Waals surface area contributed by atoms with Gasteiger partial charge in [-0.15, -0.1) is 5.06 Å². The van der Waals surface area contributed by atoms with Crippen LogP contribution in [-0.2, 0) is 19.2 Å². The van der Waals surface area contributed by atoms with E-state index in [1.54, 1.807) is 20.8 Å². The number of nitrogens with zero attached hydrogens (tertiary/aromatic N) is 1. The van der Waals surface area contributed by atoms with Crippen molar-refractivity contribution in [3.05, 3.63) is 0 Å². The van der Waals surface area contributed by atoms with Crippen LogP contribution in [-0.4, -0.2) is 35.6 Å². The van der Waals surface area contributed by atoms with Crippen molar-refractivity contribution in [1.82, 2.24) is 5.06 Å². The van der Waals surface area contributed by atoms with Crippen molar-refractivity contribution < 1.29 is 24.0 Å². The fraction of sp³-hybridized carbons (Fsp3) is 0.667. The maximum atomic E-state index is 11.4. The largest absolute Gasteiger partial charge is 0.444 e. The summed E-state index contributed by atoms with van der Waals surface area (Å²) in [5, 5.41) is 0.570. The van der Waals surface area contributed by atoms with Crippen LogP contribution in [0.15, 0.2) is 0 Å². The zero-order valence-corrected chi connectivity index (χ0v) is 9.27. The van der Waals surface area contributed by atoms with Gasteiger partial charge in [-0.25, -0.2) is 4.79 Å². The van der Waals surface area contributed by atoms with Gasteiger partial charge in [0, 0.05) is 6.92 Å². The lowest BCUT2D eigenvalue weighted by molar-refractivity contribution is -0.181. The fourth-order valence-corrected chi connectivity index (χ4v) is 0.685. The summed E-state index contributed by atoms with van der Waals surface area (Å²) in [7, 11) is 0. The molecule has 6 nitrogen and oxygen atoms in total. The molecule has 0 aromatic carbocycles. The van der Waals surface area contributed by atoms with Crippen molar-refractivity contribution in [2.24, 2.45) is 0 Å². The number of ether oxygens (including phenoxy) is 1. The smallest absolute Gasteiger partial charge is 0.442 e. The van der Waals surface area contributed by atoms with E-state index in [1.165, 1.54) is 0 Å². The van der Waals surface area contributed by atoms with E-state index in [2.05, 4.69) is 4.84 Å². The molecule has 0 aromatic heterocycles. The third kappa shape index (κ3) is 6.48. The summed E-state index contributed by atoms with van der Waals surface area (Å²) in [4.78, 5) is 36.7. The Kier molecular flexibility index (Phi) is 4.77. The Labute approximate surface area is 88.1 Å². The van der Waals surface area contributed by atoms with Crippen molar-refractivity contribution in [3.63, 3.8) is 0 Å². The molecular formula is C9H15NO5. The molecule has 0 unspecified atom stereocenters. The van der Waals surface area contributed by atoms with Crippen LogP contribution in [0, 0.1) is 0 Å². The van der Waals surface area contributed by atoms with E-state index in [4.69, 9.17) is 4.74 Å². The van der Waals surface area contributed by atoms with Crippen molar-refractivity contribution in [2.45, 2.75) is 33.3 Å². The molecule has 6 heteroatoms. The molecular weight excluding hydrogens is 202 g/mol. The number of rotatable bonds is 2. The first-order valence-corrected chi connectivity index (χ1v) is 4.39. The van der Waals surface area contributed by atoms with Crippen LogP contribution >= 0.6 is 0 Å². The zero-order chi connectivity index (χ0) is 12.1. The highest BCUT2D eigenvalue weighted by Gasteiger charge is 2.24. The second-order valence-corrected chi connectivity index (χ2v) is 3.79. The third-order valence-electron chi connectivity index (χ3n) is 1.08. The molecule has 1 amide bonds. The van der Waals surface area contributed by atoms with Crippen LogP contribution in [0.25, 0.3) is 0 Å². The number of carbonyl (C=O) groups excluding carboxylic acids is 3. The average molecular weight is 217 g/mol. The number of hydrogen-bond acceptors (Lipinski definition) is 5. The lowest BCUT2D eigenvalue weighted by Gasteiger charge is -2.24. The van der Waals surface area contributed by atoms with Crippen LogP contribution in [0.1, 0.15) is 27.7 Å². The first kappa shape index (κ1) is 13.4.